The van der Waals surface area contributed by atoms with Crippen LogP contribution in [0.15, 0.2) is 18.2 Å². The number of rotatable bonds is 6. The van der Waals surface area contributed by atoms with Crippen LogP contribution in [-0.4, -0.2) is 55.1 Å². The molecule has 1 heterocycles. The van der Waals surface area contributed by atoms with Crippen LogP contribution in [0, 0.1) is 5.92 Å². The van der Waals surface area contributed by atoms with Gasteiger partial charge in [-0.1, -0.05) is 0 Å². The Morgan fingerprint density at radius 1 is 1.17 bits per heavy atom. The Hall–Kier alpha value is -2.08. The van der Waals surface area contributed by atoms with Crippen LogP contribution in [-0.2, 0) is 4.79 Å². The molecule has 0 aliphatic carbocycles. The molecule has 6 nitrogen and oxygen atoms in total. The predicted octanol–water partition coefficient (Wildman–Crippen LogP) is 2.07. The van der Waals surface area contributed by atoms with E-state index in [0.717, 1.165) is 0 Å². The van der Waals surface area contributed by atoms with Gasteiger partial charge in [-0.25, -0.2) is 0 Å². The van der Waals surface area contributed by atoms with Gasteiger partial charge in [-0.2, -0.15) is 0 Å². The van der Waals surface area contributed by atoms with E-state index in [4.69, 9.17) is 14.6 Å². The summed E-state index contributed by atoms with van der Waals surface area (Å²) in [4.78, 5) is 25.7. The number of carboxylic acids is 1. The normalized spacial score (nSPS) is 17.5. The van der Waals surface area contributed by atoms with E-state index in [0.29, 0.717) is 43.0 Å². The Morgan fingerprint density at radius 2 is 1.78 bits per heavy atom. The summed E-state index contributed by atoms with van der Waals surface area (Å²) in [6.45, 7) is 3.11. The van der Waals surface area contributed by atoms with E-state index in [-0.39, 0.29) is 17.7 Å². The summed E-state index contributed by atoms with van der Waals surface area (Å²) in [5.74, 6) is 0.0620. The molecule has 0 bridgehead atoms. The van der Waals surface area contributed by atoms with Crippen LogP contribution in [0.4, 0.5) is 0 Å². The second-order valence-electron chi connectivity index (χ2n) is 5.76. The Kier molecular flexibility index (Phi) is 5.60. The molecule has 0 saturated carbocycles. The van der Waals surface area contributed by atoms with Gasteiger partial charge in [0.05, 0.1) is 26.2 Å². The fourth-order valence-electron chi connectivity index (χ4n) is 2.93. The largest absolute Gasteiger partial charge is 0.493 e. The summed E-state index contributed by atoms with van der Waals surface area (Å²) >= 11 is 0. The first-order chi connectivity index (χ1) is 11.0. The van der Waals surface area contributed by atoms with Gasteiger partial charge in [0.15, 0.2) is 17.3 Å². The molecule has 1 atom stereocenters. The molecule has 1 saturated heterocycles. The van der Waals surface area contributed by atoms with Gasteiger partial charge < -0.3 is 14.6 Å². The number of methoxy groups -OCH3 is 2. The lowest BCUT2D eigenvalue weighted by Gasteiger charge is -2.34. The SMILES string of the molecule is COc1ccc(C(=O)C(C)N2CCC(C(=O)O)CC2)cc1OC. The minimum atomic E-state index is -0.747. The highest BCUT2D eigenvalue weighted by Gasteiger charge is 2.30. The zero-order valence-corrected chi connectivity index (χ0v) is 13.7. The van der Waals surface area contributed by atoms with Crippen LogP contribution in [0.2, 0.25) is 0 Å². The number of Topliss-reactive ketones (excluding diaryl/α,β-unsaturated/α-hetero) is 1. The van der Waals surface area contributed by atoms with Crippen LogP contribution in [0.3, 0.4) is 0 Å². The average Bonchev–Trinajstić information content (AvgIpc) is 2.59. The maximum absolute atomic E-state index is 12.7. The van der Waals surface area contributed by atoms with Crippen LogP contribution >= 0.6 is 0 Å². The zero-order chi connectivity index (χ0) is 17.0. The molecule has 1 aliphatic rings. The minimum absolute atomic E-state index is 0.000252. The van der Waals surface area contributed by atoms with Gasteiger partial charge in [0, 0.05) is 5.56 Å². The topological polar surface area (TPSA) is 76.1 Å². The standard InChI is InChI=1S/C17H23NO5/c1-11(18-8-6-12(7-9-18)17(20)21)16(19)13-4-5-14(22-2)15(10-13)23-3/h4-5,10-12H,6-9H2,1-3H3,(H,20,21). The number of benzene rings is 1. The fraction of sp³-hybridized carbons (Fsp3) is 0.529. The molecule has 2 rings (SSSR count). The van der Waals surface area contributed by atoms with Gasteiger partial charge in [-0.05, 0) is 51.1 Å². The molecular formula is C17H23NO5. The number of ketones is 1. The molecule has 0 aromatic heterocycles. The molecule has 1 N–H and O–H groups in total. The van der Waals surface area contributed by atoms with Crippen molar-refractivity contribution in [2.24, 2.45) is 5.92 Å². The van der Waals surface area contributed by atoms with E-state index in [2.05, 4.69) is 0 Å². The Labute approximate surface area is 136 Å². The van der Waals surface area contributed by atoms with Crippen molar-refractivity contribution < 1.29 is 24.2 Å². The number of carbonyl (C=O) groups excluding carboxylic acids is 1. The van der Waals surface area contributed by atoms with E-state index in [9.17, 15) is 9.59 Å². The number of hydrogen-bond acceptors (Lipinski definition) is 5. The van der Waals surface area contributed by atoms with E-state index >= 15 is 0 Å². The van der Waals surface area contributed by atoms with E-state index in [1.165, 1.54) is 7.11 Å². The summed E-state index contributed by atoms with van der Waals surface area (Å²) in [5, 5.41) is 9.05. The summed E-state index contributed by atoms with van der Waals surface area (Å²) in [7, 11) is 3.08. The van der Waals surface area contributed by atoms with Gasteiger partial charge >= 0.3 is 5.97 Å². The quantitative estimate of drug-likeness (QED) is 0.808. The molecule has 0 radical (unpaired) electrons. The van der Waals surface area contributed by atoms with Crippen LogP contribution in [0.1, 0.15) is 30.1 Å². The molecule has 1 fully saturated rings. The third-order valence-corrected chi connectivity index (χ3v) is 4.47. The molecule has 23 heavy (non-hydrogen) atoms. The van der Waals surface area contributed by atoms with E-state index in [1.54, 1.807) is 25.3 Å². The first-order valence-electron chi connectivity index (χ1n) is 7.71. The zero-order valence-electron chi connectivity index (χ0n) is 13.7. The summed E-state index contributed by atoms with van der Waals surface area (Å²) < 4.78 is 10.4. The monoisotopic (exact) mass is 321 g/mol. The van der Waals surface area contributed by atoms with E-state index < -0.39 is 5.97 Å². The van der Waals surface area contributed by atoms with Gasteiger partial charge in [-0.3, -0.25) is 14.5 Å². The summed E-state index contributed by atoms with van der Waals surface area (Å²) in [5.41, 5.74) is 0.565. The van der Waals surface area contributed by atoms with Crippen molar-refractivity contribution in [3.05, 3.63) is 23.8 Å². The first kappa shape index (κ1) is 17.3. The molecule has 6 heteroatoms. The molecular weight excluding hydrogens is 298 g/mol. The second kappa shape index (κ2) is 7.46. The third-order valence-electron chi connectivity index (χ3n) is 4.47. The smallest absolute Gasteiger partial charge is 0.306 e. The number of piperidine rings is 1. The highest BCUT2D eigenvalue weighted by molar-refractivity contribution is 6.00. The minimum Gasteiger partial charge on any atom is -0.493 e. The molecule has 0 spiro atoms. The van der Waals surface area contributed by atoms with Crippen LogP contribution in [0.5, 0.6) is 11.5 Å². The lowest BCUT2D eigenvalue weighted by atomic mass is 9.94. The molecule has 1 aliphatic heterocycles. The number of aliphatic carboxylic acids is 1. The molecule has 0 amide bonds. The lowest BCUT2D eigenvalue weighted by Crippen LogP contribution is -2.45. The number of likely N-dealkylation sites (tertiary alicyclic amines) is 1. The summed E-state index contributed by atoms with van der Waals surface area (Å²) in [6.07, 6.45) is 1.16. The Bertz CT molecular complexity index is 578. The number of nitrogens with zero attached hydrogens (tertiary/aromatic N) is 1. The number of carbonyl (C=O) groups is 2. The van der Waals surface area contributed by atoms with Crippen molar-refractivity contribution >= 4 is 11.8 Å². The lowest BCUT2D eigenvalue weighted by molar-refractivity contribution is -0.143. The highest BCUT2D eigenvalue weighted by atomic mass is 16.5. The fourth-order valence-corrected chi connectivity index (χ4v) is 2.93. The molecule has 1 unspecified atom stereocenters. The number of ether oxygens (including phenoxy) is 2. The predicted molar refractivity (Wildman–Crippen MR) is 85.3 cm³/mol. The van der Waals surface area contributed by atoms with E-state index in [1.807, 2.05) is 11.8 Å². The molecule has 1 aromatic carbocycles. The third kappa shape index (κ3) is 3.82. The molecule has 126 valence electrons. The van der Waals surface area contributed by atoms with Crippen molar-refractivity contribution in [2.45, 2.75) is 25.8 Å². The Balaban J connectivity index is 2.07. The number of carboxylic acid groups (broad SMARTS) is 1. The van der Waals surface area contributed by atoms with Crippen LogP contribution < -0.4 is 9.47 Å². The van der Waals surface area contributed by atoms with Crippen molar-refractivity contribution in [2.75, 3.05) is 27.3 Å². The number of hydrogen-bond donors (Lipinski definition) is 1. The van der Waals surface area contributed by atoms with Gasteiger partial charge in [0.25, 0.3) is 0 Å². The highest BCUT2D eigenvalue weighted by Crippen LogP contribution is 2.29. The van der Waals surface area contributed by atoms with Crippen molar-refractivity contribution in [1.82, 2.24) is 4.90 Å². The maximum atomic E-state index is 12.7. The van der Waals surface area contributed by atoms with Crippen molar-refractivity contribution in [3.63, 3.8) is 0 Å². The van der Waals surface area contributed by atoms with Crippen molar-refractivity contribution in [1.29, 1.82) is 0 Å². The maximum Gasteiger partial charge on any atom is 0.306 e. The van der Waals surface area contributed by atoms with Gasteiger partial charge in [0.2, 0.25) is 0 Å². The van der Waals surface area contributed by atoms with Crippen LogP contribution in [0.25, 0.3) is 0 Å². The second-order valence-corrected chi connectivity index (χ2v) is 5.76. The van der Waals surface area contributed by atoms with Gasteiger partial charge in [0.1, 0.15) is 0 Å². The van der Waals surface area contributed by atoms with Crippen molar-refractivity contribution in [3.8, 4) is 11.5 Å². The summed E-state index contributed by atoms with van der Waals surface area (Å²) in [6, 6.07) is 4.84. The van der Waals surface area contributed by atoms with Gasteiger partial charge in [-0.15, -0.1) is 0 Å². The first-order valence-corrected chi connectivity index (χ1v) is 7.71. The molecule has 1 aromatic rings. The Morgan fingerprint density at radius 3 is 2.30 bits per heavy atom. The average molecular weight is 321 g/mol.